The second-order valence-electron chi connectivity index (χ2n) is 6.20. The predicted molar refractivity (Wildman–Crippen MR) is 81.0 cm³/mol. The van der Waals surface area contributed by atoms with Crippen molar-refractivity contribution in [1.82, 2.24) is 0 Å². The van der Waals surface area contributed by atoms with Gasteiger partial charge in [-0.3, -0.25) is 9.32 Å². The highest BCUT2D eigenvalue weighted by atomic mass is 31.2. The first kappa shape index (κ1) is 22.6. The first-order valence-electron chi connectivity index (χ1n) is 7.73. The van der Waals surface area contributed by atoms with Crippen LogP contribution in [0.1, 0.15) is 19.3 Å². The Labute approximate surface area is 143 Å². The highest BCUT2D eigenvalue weighted by Gasteiger charge is 2.43. The number of Topliss-reactive ketones (excluding diaryl/α,β-unsaturated/α-hetero) is 1. The van der Waals surface area contributed by atoms with Gasteiger partial charge in [-0.1, -0.05) is 0 Å². The van der Waals surface area contributed by atoms with Crippen LogP contribution in [0, 0.1) is 11.8 Å². The molecule has 1 saturated carbocycles. The van der Waals surface area contributed by atoms with Gasteiger partial charge in [-0.05, 0) is 25.2 Å². The number of aliphatic hydroxyl groups excluding tert-OH is 6. The molecule has 0 heterocycles. The summed E-state index contributed by atoms with van der Waals surface area (Å²) in [6.45, 7) is -1.60. The van der Waals surface area contributed by atoms with Crippen LogP contribution in [0.3, 0.4) is 0 Å². The summed E-state index contributed by atoms with van der Waals surface area (Å²) < 4.78 is 14.8. The highest BCUT2D eigenvalue weighted by molar-refractivity contribution is 7.46. The Morgan fingerprint density at radius 1 is 1.08 bits per heavy atom. The van der Waals surface area contributed by atoms with Gasteiger partial charge in [0.15, 0.2) is 5.78 Å². The quantitative estimate of drug-likeness (QED) is 0.157. The van der Waals surface area contributed by atoms with Crippen molar-refractivity contribution in [2.45, 2.75) is 49.8 Å². The molecule has 25 heavy (non-hydrogen) atoms. The van der Waals surface area contributed by atoms with E-state index in [1.807, 2.05) is 0 Å². The smallest absolute Gasteiger partial charge is 0.394 e. The summed E-state index contributed by atoms with van der Waals surface area (Å²) in [5.41, 5.74) is 0. The zero-order valence-electron chi connectivity index (χ0n) is 13.3. The number of carbonyl (C=O) groups is 1. The number of aliphatic hydroxyl groups is 6. The number of phosphoric ester groups is 1. The molecular weight excluding hydrogens is 363 g/mol. The lowest BCUT2D eigenvalue weighted by molar-refractivity contribution is -0.152. The van der Waals surface area contributed by atoms with Crippen molar-refractivity contribution in [2.75, 3.05) is 13.2 Å². The molecule has 2 unspecified atom stereocenters. The summed E-state index contributed by atoms with van der Waals surface area (Å²) in [7, 11) is -4.78. The van der Waals surface area contributed by atoms with Crippen molar-refractivity contribution in [3.63, 3.8) is 0 Å². The third-order valence-electron chi connectivity index (χ3n) is 4.06. The maximum Gasteiger partial charge on any atom is 0.469 e. The molecule has 11 nitrogen and oxygen atoms in total. The van der Waals surface area contributed by atoms with Crippen LogP contribution in [0.2, 0.25) is 0 Å². The van der Waals surface area contributed by atoms with Crippen LogP contribution < -0.4 is 0 Å². The van der Waals surface area contributed by atoms with Crippen molar-refractivity contribution in [3.8, 4) is 0 Å². The molecule has 0 aliphatic heterocycles. The summed E-state index contributed by atoms with van der Waals surface area (Å²) in [6, 6.07) is 0. The van der Waals surface area contributed by atoms with Gasteiger partial charge in [0.1, 0.15) is 24.4 Å². The largest absolute Gasteiger partial charge is 0.469 e. The van der Waals surface area contributed by atoms with E-state index in [2.05, 4.69) is 4.52 Å². The van der Waals surface area contributed by atoms with E-state index in [-0.39, 0.29) is 12.3 Å². The average Bonchev–Trinajstić information content (AvgIpc) is 3.38. The van der Waals surface area contributed by atoms with Crippen LogP contribution >= 0.6 is 7.82 Å². The monoisotopic (exact) mass is 388 g/mol. The van der Waals surface area contributed by atoms with E-state index in [9.17, 15) is 34.9 Å². The Morgan fingerprint density at radius 3 is 2.08 bits per heavy atom. The number of hydrogen-bond donors (Lipinski definition) is 8. The highest BCUT2D eigenvalue weighted by Crippen LogP contribution is 2.41. The van der Waals surface area contributed by atoms with Gasteiger partial charge < -0.3 is 40.4 Å². The van der Waals surface area contributed by atoms with Gasteiger partial charge in [0.25, 0.3) is 0 Å². The molecule has 1 aliphatic rings. The first-order chi connectivity index (χ1) is 11.5. The van der Waals surface area contributed by atoms with Crippen LogP contribution in [0.25, 0.3) is 0 Å². The lowest BCUT2D eigenvalue weighted by Gasteiger charge is -2.28. The number of carbonyl (C=O) groups excluding carboxylic acids is 1. The maximum absolute atomic E-state index is 12.3. The van der Waals surface area contributed by atoms with E-state index in [1.165, 1.54) is 0 Å². The Hall–Kier alpha value is -0.460. The van der Waals surface area contributed by atoms with Crippen molar-refractivity contribution < 1.29 is 54.3 Å². The van der Waals surface area contributed by atoms with Gasteiger partial charge in [0.05, 0.1) is 19.3 Å². The van der Waals surface area contributed by atoms with Crippen LogP contribution in [-0.4, -0.2) is 89.9 Å². The Kier molecular flexibility index (Phi) is 8.55. The molecule has 0 bridgehead atoms. The molecule has 0 radical (unpaired) electrons. The number of phosphoric acid groups is 1. The van der Waals surface area contributed by atoms with E-state index in [1.54, 1.807) is 0 Å². The molecule has 0 aromatic carbocycles. The molecule has 12 heteroatoms. The maximum atomic E-state index is 12.3. The Balaban J connectivity index is 2.68. The minimum absolute atomic E-state index is 0.182. The Morgan fingerprint density at radius 2 is 1.64 bits per heavy atom. The molecule has 0 amide bonds. The molecule has 1 rings (SSSR count). The van der Waals surface area contributed by atoms with Crippen LogP contribution in [0.5, 0.6) is 0 Å². The third-order valence-corrected chi connectivity index (χ3v) is 4.55. The number of hydrogen-bond acceptors (Lipinski definition) is 9. The number of rotatable bonds is 12. The van der Waals surface area contributed by atoms with Gasteiger partial charge >= 0.3 is 7.82 Å². The fourth-order valence-corrected chi connectivity index (χ4v) is 2.86. The summed E-state index contributed by atoms with van der Waals surface area (Å²) in [4.78, 5) is 29.5. The molecule has 0 aromatic rings. The summed E-state index contributed by atoms with van der Waals surface area (Å²) in [5, 5.41) is 57.0. The zero-order chi connectivity index (χ0) is 19.4. The van der Waals surface area contributed by atoms with Crippen molar-refractivity contribution in [1.29, 1.82) is 0 Å². The van der Waals surface area contributed by atoms with E-state index in [0.29, 0.717) is 12.8 Å². The first-order valence-corrected chi connectivity index (χ1v) is 9.26. The molecule has 148 valence electrons. The van der Waals surface area contributed by atoms with Gasteiger partial charge in [-0.2, -0.15) is 0 Å². The summed E-state index contributed by atoms with van der Waals surface area (Å²) in [5.74, 6) is -1.98. The van der Waals surface area contributed by atoms with Crippen molar-refractivity contribution >= 4 is 13.6 Å². The van der Waals surface area contributed by atoms with Gasteiger partial charge in [-0.25, -0.2) is 4.57 Å². The zero-order valence-corrected chi connectivity index (χ0v) is 14.2. The topological polar surface area (TPSA) is 205 Å². The predicted octanol–water partition coefficient (Wildman–Crippen LogP) is -3.12. The standard InChI is InChI=1S/C13H25O11P/c14-4-9(16)11(18)13(20)12(19)10(17)8(6-1-2-6)3-7(15)5-24-25(21,22)23/h6-9,11-16,18-20H,1-5H2,(H2,21,22,23)/t7?,8?,9-,11-,12+,13+/m1/s1. The molecule has 0 saturated heterocycles. The molecule has 8 N–H and O–H groups in total. The van der Waals surface area contributed by atoms with Gasteiger partial charge in [0, 0.05) is 5.92 Å². The van der Waals surface area contributed by atoms with E-state index in [0.717, 1.165) is 0 Å². The molecule has 0 spiro atoms. The molecule has 6 atom stereocenters. The van der Waals surface area contributed by atoms with Crippen molar-refractivity contribution in [2.24, 2.45) is 11.8 Å². The number of ketones is 1. The fourth-order valence-electron chi connectivity index (χ4n) is 2.49. The normalized spacial score (nSPS) is 22.7. The Bertz CT molecular complexity index is 477. The van der Waals surface area contributed by atoms with Crippen LogP contribution in [-0.2, 0) is 13.9 Å². The fraction of sp³-hybridized carbons (Fsp3) is 0.923. The third kappa shape index (κ3) is 7.35. The SMILES string of the molecule is O=C(C(CC(O)COP(=O)(O)O)C1CC1)[C@H](O)[C@@H](O)[C@H](O)[C@H](O)CO. The lowest BCUT2D eigenvalue weighted by atomic mass is 9.86. The van der Waals surface area contributed by atoms with E-state index in [4.69, 9.17) is 14.9 Å². The second-order valence-corrected chi connectivity index (χ2v) is 7.44. The molecule has 1 aliphatic carbocycles. The van der Waals surface area contributed by atoms with E-state index < -0.39 is 63.3 Å². The van der Waals surface area contributed by atoms with Crippen LogP contribution in [0.4, 0.5) is 0 Å². The van der Waals surface area contributed by atoms with Crippen LogP contribution in [0.15, 0.2) is 0 Å². The molecule has 0 aromatic heterocycles. The van der Waals surface area contributed by atoms with Gasteiger partial charge in [0.2, 0.25) is 0 Å². The molecule has 1 fully saturated rings. The summed E-state index contributed by atoms with van der Waals surface area (Å²) >= 11 is 0. The van der Waals surface area contributed by atoms with Crippen molar-refractivity contribution in [3.05, 3.63) is 0 Å². The lowest BCUT2D eigenvalue weighted by Crippen LogP contribution is -2.50. The minimum Gasteiger partial charge on any atom is -0.394 e. The average molecular weight is 388 g/mol. The van der Waals surface area contributed by atoms with E-state index >= 15 is 0 Å². The minimum atomic E-state index is -4.78. The summed E-state index contributed by atoms with van der Waals surface area (Å²) in [6.07, 6.45) is -8.19. The second kappa shape index (κ2) is 9.47. The van der Waals surface area contributed by atoms with Gasteiger partial charge in [-0.15, -0.1) is 0 Å². The molecular formula is C13H25O11P.